The second-order valence-corrected chi connectivity index (χ2v) is 5.88. The first-order chi connectivity index (χ1) is 8.88. The Labute approximate surface area is 114 Å². The lowest BCUT2D eigenvalue weighted by Crippen LogP contribution is -2.45. The molecule has 0 amide bonds. The van der Waals surface area contributed by atoms with E-state index in [1.165, 1.54) is 17.1 Å². The molecule has 0 radical (unpaired) electrons. The molecule has 0 aliphatic carbocycles. The third kappa shape index (κ3) is 4.61. The Kier molecular flexibility index (Phi) is 6.00. The van der Waals surface area contributed by atoms with Crippen molar-refractivity contribution in [1.29, 1.82) is 0 Å². The van der Waals surface area contributed by atoms with Crippen LogP contribution in [-0.4, -0.2) is 53.8 Å². The molecule has 1 saturated heterocycles. The van der Waals surface area contributed by atoms with Crippen molar-refractivity contribution in [3.05, 3.63) is 35.9 Å². The van der Waals surface area contributed by atoms with Crippen molar-refractivity contribution in [1.82, 2.24) is 10.2 Å². The lowest BCUT2D eigenvalue weighted by atomic mass is 10.2. The van der Waals surface area contributed by atoms with Crippen LogP contribution in [0, 0.1) is 0 Å². The molecule has 0 aromatic heterocycles. The van der Waals surface area contributed by atoms with Gasteiger partial charge < -0.3 is 15.3 Å². The first-order valence-corrected chi connectivity index (χ1v) is 7.72. The fourth-order valence-corrected chi connectivity index (χ4v) is 3.12. The van der Waals surface area contributed by atoms with E-state index < -0.39 is 0 Å². The van der Waals surface area contributed by atoms with Crippen molar-refractivity contribution in [2.75, 3.05) is 37.7 Å². The zero-order valence-corrected chi connectivity index (χ0v) is 11.5. The first-order valence-electron chi connectivity index (χ1n) is 6.57. The fourth-order valence-electron chi connectivity index (χ4n) is 2.14. The normalized spacial score (nSPS) is 18.7. The molecule has 3 nitrogen and oxygen atoms in total. The SMILES string of the molecule is OC[C@@H](CN1CCSCC1)NCc1ccccc1. The topological polar surface area (TPSA) is 35.5 Å². The molecule has 1 aromatic rings. The van der Waals surface area contributed by atoms with E-state index >= 15 is 0 Å². The molecular weight excluding hydrogens is 244 g/mol. The highest BCUT2D eigenvalue weighted by atomic mass is 32.2. The van der Waals surface area contributed by atoms with Gasteiger partial charge in [-0.25, -0.2) is 0 Å². The van der Waals surface area contributed by atoms with E-state index in [9.17, 15) is 5.11 Å². The van der Waals surface area contributed by atoms with E-state index in [4.69, 9.17) is 0 Å². The molecule has 1 atom stereocenters. The maximum Gasteiger partial charge on any atom is 0.0597 e. The third-order valence-corrected chi connectivity index (χ3v) is 4.18. The van der Waals surface area contributed by atoms with Crippen LogP contribution in [0.15, 0.2) is 30.3 Å². The standard InChI is InChI=1S/C14H22N2OS/c17-12-14(11-16-6-8-18-9-7-16)15-10-13-4-2-1-3-5-13/h1-5,14-15,17H,6-12H2/t14-/m1/s1. The van der Waals surface area contributed by atoms with Gasteiger partial charge in [0.15, 0.2) is 0 Å². The predicted octanol–water partition coefficient (Wildman–Crippen LogP) is 1.19. The van der Waals surface area contributed by atoms with Crippen LogP contribution in [-0.2, 0) is 6.54 Å². The minimum absolute atomic E-state index is 0.174. The Morgan fingerprint density at radius 2 is 1.94 bits per heavy atom. The van der Waals surface area contributed by atoms with Gasteiger partial charge in [0.1, 0.15) is 0 Å². The maximum absolute atomic E-state index is 9.44. The summed E-state index contributed by atoms with van der Waals surface area (Å²) in [5, 5.41) is 12.9. The molecule has 1 aliphatic rings. The minimum Gasteiger partial charge on any atom is -0.395 e. The molecule has 2 N–H and O–H groups in total. The third-order valence-electron chi connectivity index (χ3n) is 3.24. The van der Waals surface area contributed by atoms with Crippen molar-refractivity contribution in [3.63, 3.8) is 0 Å². The average molecular weight is 266 g/mol. The number of aliphatic hydroxyl groups excluding tert-OH is 1. The van der Waals surface area contributed by atoms with E-state index in [-0.39, 0.29) is 12.6 Å². The van der Waals surface area contributed by atoms with Crippen molar-refractivity contribution in [3.8, 4) is 0 Å². The number of nitrogens with zero attached hydrogens (tertiary/aromatic N) is 1. The average Bonchev–Trinajstić information content (AvgIpc) is 2.45. The quantitative estimate of drug-likeness (QED) is 0.811. The van der Waals surface area contributed by atoms with Crippen LogP contribution in [0.5, 0.6) is 0 Å². The largest absolute Gasteiger partial charge is 0.395 e. The smallest absolute Gasteiger partial charge is 0.0597 e. The first kappa shape index (κ1) is 13.9. The summed E-state index contributed by atoms with van der Waals surface area (Å²) in [6.45, 7) is 4.28. The lowest BCUT2D eigenvalue weighted by Gasteiger charge is -2.30. The summed E-state index contributed by atoms with van der Waals surface area (Å²) in [4.78, 5) is 2.44. The van der Waals surface area contributed by atoms with Gasteiger partial charge in [-0.3, -0.25) is 0 Å². The fraction of sp³-hybridized carbons (Fsp3) is 0.571. The Hall–Kier alpha value is -0.550. The number of aliphatic hydroxyl groups is 1. The Morgan fingerprint density at radius 3 is 2.61 bits per heavy atom. The molecule has 1 heterocycles. The van der Waals surface area contributed by atoms with E-state index in [0.717, 1.165) is 26.2 Å². The van der Waals surface area contributed by atoms with E-state index in [2.05, 4.69) is 22.3 Å². The molecule has 0 saturated carbocycles. The Balaban J connectivity index is 1.74. The molecule has 0 unspecified atom stereocenters. The zero-order valence-electron chi connectivity index (χ0n) is 10.7. The van der Waals surface area contributed by atoms with Crippen LogP contribution in [0.4, 0.5) is 0 Å². The number of rotatable bonds is 6. The van der Waals surface area contributed by atoms with Crippen LogP contribution in [0.1, 0.15) is 5.56 Å². The summed E-state index contributed by atoms with van der Waals surface area (Å²) in [5.41, 5.74) is 1.27. The monoisotopic (exact) mass is 266 g/mol. The highest BCUT2D eigenvalue weighted by Crippen LogP contribution is 2.09. The maximum atomic E-state index is 9.44. The molecule has 100 valence electrons. The van der Waals surface area contributed by atoms with Crippen LogP contribution < -0.4 is 5.32 Å². The van der Waals surface area contributed by atoms with Gasteiger partial charge in [0.25, 0.3) is 0 Å². The van der Waals surface area contributed by atoms with Gasteiger partial charge in [0.2, 0.25) is 0 Å². The van der Waals surface area contributed by atoms with Crippen molar-refractivity contribution >= 4 is 11.8 Å². The van der Waals surface area contributed by atoms with E-state index in [0.29, 0.717) is 0 Å². The summed E-state index contributed by atoms with van der Waals surface area (Å²) < 4.78 is 0. The summed E-state index contributed by atoms with van der Waals surface area (Å²) in [7, 11) is 0. The Bertz CT molecular complexity index is 328. The second kappa shape index (κ2) is 7.79. The van der Waals surface area contributed by atoms with Gasteiger partial charge in [-0.15, -0.1) is 0 Å². The number of hydrogen-bond donors (Lipinski definition) is 2. The molecular formula is C14H22N2OS. The van der Waals surface area contributed by atoms with Crippen molar-refractivity contribution in [2.24, 2.45) is 0 Å². The summed E-state index contributed by atoms with van der Waals surface area (Å²) in [6, 6.07) is 10.5. The van der Waals surface area contributed by atoms with Gasteiger partial charge >= 0.3 is 0 Å². The highest BCUT2D eigenvalue weighted by molar-refractivity contribution is 7.99. The number of hydrogen-bond acceptors (Lipinski definition) is 4. The molecule has 1 aromatic carbocycles. The van der Waals surface area contributed by atoms with Gasteiger partial charge in [-0.05, 0) is 5.56 Å². The lowest BCUT2D eigenvalue weighted by molar-refractivity contribution is 0.188. The summed E-state index contributed by atoms with van der Waals surface area (Å²) >= 11 is 2.02. The minimum atomic E-state index is 0.174. The van der Waals surface area contributed by atoms with Gasteiger partial charge in [0.05, 0.1) is 6.61 Å². The predicted molar refractivity (Wildman–Crippen MR) is 77.9 cm³/mol. The molecule has 0 spiro atoms. The molecule has 1 fully saturated rings. The summed E-state index contributed by atoms with van der Waals surface area (Å²) in [5.74, 6) is 2.44. The Morgan fingerprint density at radius 1 is 1.22 bits per heavy atom. The zero-order chi connectivity index (χ0) is 12.6. The second-order valence-electron chi connectivity index (χ2n) is 4.66. The van der Waals surface area contributed by atoms with E-state index in [1.54, 1.807) is 0 Å². The van der Waals surface area contributed by atoms with Gasteiger partial charge in [-0.2, -0.15) is 11.8 Å². The van der Waals surface area contributed by atoms with Crippen LogP contribution in [0.2, 0.25) is 0 Å². The number of benzene rings is 1. The van der Waals surface area contributed by atoms with Gasteiger partial charge in [0, 0.05) is 43.7 Å². The molecule has 4 heteroatoms. The molecule has 0 bridgehead atoms. The van der Waals surface area contributed by atoms with Crippen LogP contribution in [0.3, 0.4) is 0 Å². The van der Waals surface area contributed by atoms with Crippen molar-refractivity contribution < 1.29 is 5.11 Å². The van der Waals surface area contributed by atoms with E-state index in [1.807, 2.05) is 30.0 Å². The number of nitrogens with one attached hydrogen (secondary N) is 1. The van der Waals surface area contributed by atoms with Gasteiger partial charge in [-0.1, -0.05) is 30.3 Å². The van der Waals surface area contributed by atoms with Crippen LogP contribution in [0.25, 0.3) is 0 Å². The van der Waals surface area contributed by atoms with Crippen molar-refractivity contribution in [2.45, 2.75) is 12.6 Å². The molecule has 1 aliphatic heterocycles. The summed E-state index contributed by atoms with van der Waals surface area (Å²) in [6.07, 6.45) is 0. The highest BCUT2D eigenvalue weighted by Gasteiger charge is 2.15. The molecule has 18 heavy (non-hydrogen) atoms. The number of thioether (sulfide) groups is 1. The van der Waals surface area contributed by atoms with Crippen LogP contribution >= 0.6 is 11.8 Å². The molecule has 2 rings (SSSR count).